The van der Waals surface area contributed by atoms with Crippen molar-refractivity contribution >= 4 is 35.1 Å². The number of benzene rings is 1. The Bertz CT molecular complexity index is 477. The molecule has 1 atom stereocenters. The Morgan fingerprint density at radius 3 is 2.35 bits per heavy atom. The van der Waals surface area contributed by atoms with E-state index in [1.54, 1.807) is 31.4 Å². The van der Waals surface area contributed by atoms with Gasteiger partial charge < -0.3 is 15.2 Å². The van der Waals surface area contributed by atoms with Crippen molar-refractivity contribution < 1.29 is 14.3 Å². The lowest BCUT2D eigenvalue weighted by Gasteiger charge is -2.15. The lowest BCUT2D eigenvalue weighted by Crippen LogP contribution is -2.39. The average Bonchev–Trinajstić information content (AvgIpc) is 2.46. The van der Waals surface area contributed by atoms with Gasteiger partial charge >= 0.3 is 6.09 Å². The molecule has 0 spiro atoms. The van der Waals surface area contributed by atoms with Crippen LogP contribution in [-0.2, 0) is 4.74 Å². The van der Waals surface area contributed by atoms with Crippen LogP contribution in [0.25, 0.3) is 0 Å². The molecule has 0 heterocycles. The number of halogens is 2. The number of hydrogen-bond donors (Lipinski definition) is 2. The molecule has 1 aromatic rings. The molecule has 8 heteroatoms. The first-order chi connectivity index (χ1) is 9.47. The molecule has 0 saturated heterocycles. The van der Waals surface area contributed by atoms with Crippen LogP contribution >= 0.6 is 23.2 Å². The highest BCUT2D eigenvalue weighted by Gasteiger charge is 2.19. The number of hydrogen-bond acceptors (Lipinski definition) is 4. The summed E-state index contributed by atoms with van der Waals surface area (Å²) in [5.41, 5.74) is 6.49. The number of carbonyl (C=O) groups excluding carboxylic acids is 1. The van der Waals surface area contributed by atoms with Crippen LogP contribution in [-0.4, -0.2) is 37.2 Å². The Morgan fingerprint density at radius 1 is 1.30 bits per heavy atom. The summed E-state index contributed by atoms with van der Waals surface area (Å²) in [4.78, 5) is 14.3. The van der Waals surface area contributed by atoms with Crippen molar-refractivity contribution in [1.82, 2.24) is 5.32 Å². The van der Waals surface area contributed by atoms with E-state index in [4.69, 9.17) is 33.7 Å². The Hall–Kier alpha value is -1.66. The van der Waals surface area contributed by atoms with Gasteiger partial charge in [0.15, 0.2) is 6.17 Å². The molecule has 1 amide bonds. The summed E-state index contributed by atoms with van der Waals surface area (Å²) in [6.45, 7) is 0. The van der Waals surface area contributed by atoms with Gasteiger partial charge in [-0.1, -0.05) is 0 Å². The SMILES string of the molecule is COC(=O)N[C@H](N=C(N)c1ccc(OC)cc1)C(Cl)Cl. The molecule has 0 radical (unpaired) electrons. The second-order valence-corrected chi connectivity index (χ2v) is 4.82. The van der Waals surface area contributed by atoms with E-state index >= 15 is 0 Å². The lowest BCUT2D eigenvalue weighted by molar-refractivity contribution is 0.167. The molecule has 110 valence electrons. The zero-order chi connectivity index (χ0) is 15.1. The third kappa shape index (κ3) is 4.79. The maximum Gasteiger partial charge on any atom is 0.408 e. The Labute approximate surface area is 126 Å². The molecule has 3 N–H and O–H groups in total. The van der Waals surface area contributed by atoms with E-state index in [0.717, 1.165) is 0 Å². The fourth-order valence-electron chi connectivity index (χ4n) is 1.32. The van der Waals surface area contributed by atoms with E-state index in [-0.39, 0.29) is 5.84 Å². The number of methoxy groups -OCH3 is 2. The van der Waals surface area contributed by atoms with Crippen LogP contribution in [0.4, 0.5) is 4.79 Å². The molecule has 0 unspecified atom stereocenters. The third-order valence-corrected chi connectivity index (χ3v) is 2.83. The van der Waals surface area contributed by atoms with Gasteiger partial charge in [-0.25, -0.2) is 9.79 Å². The molecule has 0 bridgehead atoms. The third-order valence-electron chi connectivity index (χ3n) is 2.35. The minimum Gasteiger partial charge on any atom is -0.497 e. The van der Waals surface area contributed by atoms with Gasteiger partial charge in [-0.05, 0) is 24.3 Å². The highest BCUT2D eigenvalue weighted by molar-refractivity contribution is 6.44. The van der Waals surface area contributed by atoms with Crippen LogP contribution in [0.15, 0.2) is 29.3 Å². The largest absolute Gasteiger partial charge is 0.497 e. The van der Waals surface area contributed by atoms with Crippen LogP contribution in [0.2, 0.25) is 0 Å². The van der Waals surface area contributed by atoms with Gasteiger partial charge in [0.25, 0.3) is 0 Å². The van der Waals surface area contributed by atoms with Gasteiger partial charge in [-0.2, -0.15) is 0 Å². The standard InChI is InChI=1S/C12H15Cl2N3O3/c1-19-8-5-3-7(4-6-8)10(15)16-11(9(13)14)17-12(18)20-2/h3-6,9,11H,1-2H3,(H2,15,16)(H,17,18)/t11-/m0/s1. The Kier molecular flexibility index (Phi) is 6.41. The monoisotopic (exact) mass is 319 g/mol. The van der Waals surface area contributed by atoms with E-state index in [1.807, 2.05) is 0 Å². The molecular weight excluding hydrogens is 305 g/mol. The average molecular weight is 320 g/mol. The van der Waals surface area contributed by atoms with Gasteiger partial charge in [0.05, 0.1) is 14.2 Å². The number of carbonyl (C=O) groups is 1. The van der Waals surface area contributed by atoms with Crippen LogP contribution < -0.4 is 15.8 Å². The Balaban J connectivity index is 2.88. The fourth-order valence-corrected chi connectivity index (χ4v) is 1.56. The molecule has 0 aliphatic carbocycles. The van der Waals surface area contributed by atoms with Crippen molar-refractivity contribution in [1.29, 1.82) is 0 Å². The van der Waals surface area contributed by atoms with Gasteiger partial charge in [0, 0.05) is 5.56 Å². The molecular formula is C12H15Cl2N3O3. The number of nitrogens with one attached hydrogen (secondary N) is 1. The van der Waals surface area contributed by atoms with Crippen LogP contribution in [0.1, 0.15) is 5.56 Å². The van der Waals surface area contributed by atoms with Gasteiger partial charge in [-0.3, -0.25) is 5.32 Å². The first-order valence-electron chi connectivity index (χ1n) is 5.58. The predicted molar refractivity (Wildman–Crippen MR) is 78.5 cm³/mol. The highest BCUT2D eigenvalue weighted by Crippen LogP contribution is 2.13. The van der Waals surface area contributed by atoms with Crippen molar-refractivity contribution in [3.63, 3.8) is 0 Å². The van der Waals surface area contributed by atoms with E-state index in [9.17, 15) is 4.79 Å². The smallest absolute Gasteiger partial charge is 0.408 e. The summed E-state index contributed by atoms with van der Waals surface area (Å²) in [5, 5.41) is 2.37. The summed E-state index contributed by atoms with van der Waals surface area (Å²) < 4.78 is 9.49. The summed E-state index contributed by atoms with van der Waals surface area (Å²) in [6, 6.07) is 6.92. The number of ether oxygens (including phenoxy) is 2. The molecule has 1 rings (SSSR count). The van der Waals surface area contributed by atoms with E-state index in [1.165, 1.54) is 7.11 Å². The molecule has 0 aliphatic rings. The van der Waals surface area contributed by atoms with Crippen LogP contribution in [0.5, 0.6) is 5.75 Å². The number of amidine groups is 1. The van der Waals surface area contributed by atoms with Crippen molar-refractivity contribution in [3.05, 3.63) is 29.8 Å². The number of aliphatic imine (C=N–C) groups is 1. The molecule has 1 aromatic carbocycles. The molecule has 0 aromatic heterocycles. The minimum atomic E-state index is -0.967. The van der Waals surface area contributed by atoms with Gasteiger partial charge in [0.2, 0.25) is 0 Å². The summed E-state index contributed by atoms with van der Waals surface area (Å²) in [6.07, 6.45) is -1.61. The zero-order valence-corrected chi connectivity index (χ0v) is 12.5. The van der Waals surface area contributed by atoms with Crippen LogP contribution in [0, 0.1) is 0 Å². The maximum atomic E-state index is 11.2. The second kappa shape index (κ2) is 7.81. The van der Waals surface area contributed by atoms with E-state index in [0.29, 0.717) is 11.3 Å². The maximum absolute atomic E-state index is 11.2. The number of amides is 1. The number of nitrogens with zero attached hydrogens (tertiary/aromatic N) is 1. The van der Waals surface area contributed by atoms with Crippen molar-refractivity contribution in [2.45, 2.75) is 11.0 Å². The minimum absolute atomic E-state index is 0.181. The quantitative estimate of drug-likeness (QED) is 0.493. The molecule has 20 heavy (non-hydrogen) atoms. The molecule has 0 saturated carbocycles. The van der Waals surface area contributed by atoms with Crippen LogP contribution in [0.3, 0.4) is 0 Å². The number of alkyl halides is 2. The molecule has 0 fully saturated rings. The second-order valence-electron chi connectivity index (χ2n) is 3.66. The predicted octanol–water partition coefficient (Wildman–Crippen LogP) is 1.89. The highest BCUT2D eigenvalue weighted by atomic mass is 35.5. The van der Waals surface area contributed by atoms with E-state index in [2.05, 4.69) is 15.0 Å². The lowest BCUT2D eigenvalue weighted by atomic mass is 10.2. The van der Waals surface area contributed by atoms with Crippen molar-refractivity contribution in [2.24, 2.45) is 10.7 Å². The van der Waals surface area contributed by atoms with Crippen molar-refractivity contribution in [3.8, 4) is 5.75 Å². The number of nitrogens with two attached hydrogens (primary N) is 1. The number of rotatable bonds is 5. The first-order valence-corrected chi connectivity index (χ1v) is 6.45. The first kappa shape index (κ1) is 16.4. The normalized spacial score (nSPS) is 12.9. The zero-order valence-electron chi connectivity index (χ0n) is 11.0. The number of alkyl carbamates (subject to hydrolysis) is 1. The summed E-state index contributed by atoms with van der Waals surface area (Å²) >= 11 is 11.5. The van der Waals surface area contributed by atoms with E-state index < -0.39 is 17.1 Å². The van der Waals surface area contributed by atoms with Crippen molar-refractivity contribution in [2.75, 3.05) is 14.2 Å². The summed E-state index contributed by atoms with van der Waals surface area (Å²) in [5.74, 6) is 0.874. The topological polar surface area (TPSA) is 85.9 Å². The molecule has 6 nitrogen and oxygen atoms in total. The summed E-state index contributed by atoms with van der Waals surface area (Å²) in [7, 11) is 2.79. The Morgan fingerprint density at radius 2 is 1.90 bits per heavy atom. The van der Waals surface area contributed by atoms with Gasteiger partial charge in [-0.15, -0.1) is 23.2 Å². The molecule has 0 aliphatic heterocycles. The van der Waals surface area contributed by atoms with Gasteiger partial charge in [0.1, 0.15) is 16.4 Å². The fraction of sp³-hybridized carbons (Fsp3) is 0.333.